The highest BCUT2D eigenvalue weighted by atomic mass is 79.9. The third-order valence-corrected chi connectivity index (χ3v) is 6.29. The van der Waals surface area contributed by atoms with Crippen LogP contribution in [0.15, 0.2) is 59.1 Å². The van der Waals surface area contributed by atoms with Crippen LogP contribution in [0.4, 0.5) is 0 Å². The van der Waals surface area contributed by atoms with Crippen molar-refractivity contribution >= 4 is 15.9 Å². The van der Waals surface area contributed by atoms with Crippen LogP contribution in [0.5, 0.6) is 0 Å². The molecule has 0 aliphatic rings. The maximum Gasteiger partial charge on any atom is 0.0845 e. The van der Waals surface area contributed by atoms with E-state index in [-0.39, 0.29) is 5.92 Å². The van der Waals surface area contributed by atoms with Crippen LogP contribution in [0, 0.1) is 17.2 Å². The minimum atomic E-state index is -0.443. The van der Waals surface area contributed by atoms with Gasteiger partial charge >= 0.3 is 0 Å². The molecule has 2 atom stereocenters. The van der Waals surface area contributed by atoms with Crippen LogP contribution in [-0.2, 0) is 12.0 Å². The molecule has 0 bridgehead atoms. The quantitative estimate of drug-likeness (QED) is 0.453. The van der Waals surface area contributed by atoms with Gasteiger partial charge in [0.05, 0.1) is 11.5 Å². The zero-order valence-corrected chi connectivity index (χ0v) is 18.5. The van der Waals surface area contributed by atoms with E-state index in [1.807, 2.05) is 12.1 Å². The smallest absolute Gasteiger partial charge is 0.0845 e. The average Bonchev–Trinajstić information content (AvgIpc) is 2.68. The van der Waals surface area contributed by atoms with Gasteiger partial charge in [0.1, 0.15) is 0 Å². The van der Waals surface area contributed by atoms with Crippen molar-refractivity contribution in [3.8, 4) is 6.07 Å². The van der Waals surface area contributed by atoms with E-state index in [4.69, 9.17) is 0 Å². The fourth-order valence-corrected chi connectivity index (χ4v) is 4.04. The lowest BCUT2D eigenvalue weighted by atomic mass is 9.69. The number of nitrogens with zero attached hydrogens (tertiary/aromatic N) is 2. The molecule has 0 spiro atoms. The molecule has 27 heavy (non-hydrogen) atoms. The third kappa shape index (κ3) is 5.43. The summed E-state index contributed by atoms with van der Waals surface area (Å²) in [6.07, 6.45) is 1.87. The first kappa shape index (κ1) is 21.7. The molecule has 2 aromatic carbocycles. The summed E-state index contributed by atoms with van der Waals surface area (Å²) in [6, 6.07) is 22.0. The highest BCUT2D eigenvalue weighted by Gasteiger charge is 2.36. The molecule has 2 rings (SSSR count). The molecule has 2 unspecified atom stereocenters. The lowest BCUT2D eigenvalue weighted by molar-refractivity contribution is 0.186. The van der Waals surface area contributed by atoms with Gasteiger partial charge in [-0.1, -0.05) is 79.2 Å². The molecule has 3 heteroatoms. The minimum absolute atomic E-state index is 0.264. The fraction of sp³-hybridized carbons (Fsp3) is 0.458. The summed E-state index contributed by atoms with van der Waals surface area (Å²) in [4.78, 5) is 2.50. The van der Waals surface area contributed by atoms with Crippen LogP contribution in [-0.4, -0.2) is 17.5 Å². The molecule has 2 aromatic rings. The van der Waals surface area contributed by atoms with Gasteiger partial charge in [0.2, 0.25) is 0 Å². The molecule has 0 fully saturated rings. The normalized spacial score (nSPS) is 14.7. The molecule has 144 valence electrons. The number of benzene rings is 2. The average molecular weight is 427 g/mol. The van der Waals surface area contributed by atoms with Gasteiger partial charge in [0, 0.05) is 17.1 Å². The predicted octanol–water partition coefficient (Wildman–Crippen LogP) is 6.56. The molecule has 0 saturated carbocycles. The standard InChI is InChI=1S/C24H31BrN2/c1-5-27(17-21-9-7-6-8-10-21)20(4)15-16-24(18-26,19(2)3)22-11-13-23(25)14-12-22/h6-14,19-20H,5,15-17H2,1-4H3. The van der Waals surface area contributed by atoms with Gasteiger partial charge in [0.25, 0.3) is 0 Å². The highest BCUT2D eigenvalue weighted by Crippen LogP contribution is 2.37. The van der Waals surface area contributed by atoms with E-state index in [0.717, 1.165) is 36.0 Å². The summed E-state index contributed by atoms with van der Waals surface area (Å²) >= 11 is 3.50. The van der Waals surface area contributed by atoms with Gasteiger partial charge < -0.3 is 0 Å². The fourth-order valence-electron chi connectivity index (χ4n) is 3.78. The van der Waals surface area contributed by atoms with E-state index in [9.17, 15) is 5.26 Å². The first-order valence-electron chi connectivity index (χ1n) is 9.88. The molecule has 0 radical (unpaired) electrons. The summed E-state index contributed by atoms with van der Waals surface area (Å²) < 4.78 is 1.05. The Morgan fingerprint density at radius 3 is 2.19 bits per heavy atom. The Balaban J connectivity index is 2.13. The van der Waals surface area contributed by atoms with Crippen molar-refractivity contribution in [3.63, 3.8) is 0 Å². The van der Waals surface area contributed by atoms with Crippen molar-refractivity contribution in [2.24, 2.45) is 5.92 Å². The zero-order valence-electron chi connectivity index (χ0n) is 17.0. The van der Waals surface area contributed by atoms with Crippen molar-refractivity contribution in [1.82, 2.24) is 4.90 Å². The maximum atomic E-state index is 10.1. The SMILES string of the molecule is CCN(Cc1ccccc1)C(C)CCC(C#N)(c1ccc(Br)cc1)C(C)C. The van der Waals surface area contributed by atoms with E-state index >= 15 is 0 Å². The second-order valence-corrected chi connectivity index (χ2v) is 8.60. The van der Waals surface area contributed by atoms with E-state index in [2.05, 4.69) is 97.1 Å². The Bertz CT molecular complexity index is 733. The zero-order chi connectivity index (χ0) is 19.9. The van der Waals surface area contributed by atoms with Crippen molar-refractivity contribution in [3.05, 3.63) is 70.2 Å². The number of rotatable bonds is 9. The molecule has 0 saturated heterocycles. The monoisotopic (exact) mass is 426 g/mol. The summed E-state index contributed by atoms with van der Waals surface area (Å²) in [5.41, 5.74) is 2.03. The van der Waals surface area contributed by atoms with Crippen LogP contribution in [0.1, 0.15) is 51.7 Å². The molecule has 0 aliphatic heterocycles. The summed E-state index contributed by atoms with van der Waals surface area (Å²) in [6.45, 7) is 10.8. The maximum absolute atomic E-state index is 10.1. The molecule has 2 nitrogen and oxygen atoms in total. The van der Waals surface area contributed by atoms with Crippen molar-refractivity contribution in [1.29, 1.82) is 5.26 Å². The van der Waals surface area contributed by atoms with Crippen molar-refractivity contribution in [2.45, 2.75) is 58.5 Å². The van der Waals surface area contributed by atoms with Crippen LogP contribution >= 0.6 is 15.9 Å². The van der Waals surface area contributed by atoms with E-state index in [0.29, 0.717) is 6.04 Å². The molecule has 0 aromatic heterocycles. The largest absolute Gasteiger partial charge is 0.297 e. The van der Waals surface area contributed by atoms with Crippen LogP contribution < -0.4 is 0 Å². The first-order valence-corrected chi connectivity index (χ1v) is 10.7. The van der Waals surface area contributed by atoms with Crippen molar-refractivity contribution < 1.29 is 0 Å². The molecule has 0 heterocycles. The van der Waals surface area contributed by atoms with E-state index in [1.54, 1.807) is 0 Å². The van der Waals surface area contributed by atoms with Crippen LogP contribution in [0.25, 0.3) is 0 Å². The Labute approximate surface area is 173 Å². The number of hydrogen-bond acceptors (Lipinski definition) is 2. The molecular weight excluding hydrogens is 396 g/mol. The molecular formula is C24H31BrN2. The van der Waals surface area contributed by atoms with Gasteiger partial charge in [-0.2, -0.15) is 5.26 Å². The van der Waals surface area contributed by atoms with Gasteiger partial charge in [0.15, 0.2) is 0 Å². The Hall–Kier alpha value is -1.63. The highest BCUT2D eigenvalue weighted by molar-refractivity contribution is 9.10. The van der Waals surface area contributed by atoms with Crippen molar-refractivity contribution in [2.75, 3.05) is 6.54 Å². The molecule has 0 amide bonds. The Kier molecular flexibility index (Phi) is 8.07. The minimum Gasteiger partial charge on any atom is -0.297 e. The number of hydrogen-bond donors (Lipinski definition) is 0. The van der Waals surface area contributed by atoms with Gasteiger partial charge in [-0.05, 0) is 55.5 Å². The van der Waals surface area contributed by atoms with Gasteiger partial charge in [-0.25, -0.2) is 0 Å². The molecule has 0 N–H and O–H groups in total. The van der Waals surface area contributed by atoms with E-state index < -0.39 is 5.41 Å². The van der Waals surface area contributed by atoms with Gasteiger partial charge in [-0.3, -0.25) is 4.90 Å². The van der Waals surface area contributed by atoms with Gasteiger partial charge in [-0.15, -0.1) is 0 Å². The van der Waals surface area contributed by atoms with Crippen LogP contribution in [0.2, 0.25) is 0 Å². The summed E-state index contributed by atoms with van der Waals surface area (Å²) in [7, 11) is 0. The lowest BCUT2D eigenvalue weighted by Crippen LogP contribution is -2.36. The Morgan fingerprint density at radius 2 is 1.67 bits per heavy atom. The second-order valence-electron chi connectivity index (χ2n) is 7.68. The second kappa shape index (κ2) is 10.1. The molecule has 0 aliphatic carbocycles. The summed E-state index contributed by atoms with van der Waals surface area (Å²) in [5, 5.41) is 10.1. The lowest BCUT2D eigenvalue weighted by Gasteiger charge is -2.35. The predicted molar refractivity (Wildman–Crippen MR) is 117 cm³/mol. The third-order valence-electron chi connectivity index (χ3n) is 5.76. The van der Waals surface area contributed by atoms with Crippen LogP contribution in [0.3, 0.4) is 0 Å². The summed E-state index contributed by atoms with van der Waals surface area (Å²) in [5.74, 6) is 0.264. The first-order chi connectivity index (χ1) is 12.9. The topological polar surface area (TPSA) is 27.0 Å². The number of nitriles is 1. The van der Waals surface area contributed by atoms with E-state index in [1.165, 1.54) is 5.56 Å². The Morgan fingerprint density at radius 1 is 1.04 bits per heavy atom. The number of halogens is 1.